The minimum atomic E-state index is -0.520. The number of carbonyl (C=O) groups excluding carboxylic acids is 1. The average molecular weight is 269 g/mol. The van der Waals surface area contributed by atoms with E-state index >= 15 is 0 Å². The number of hydrogen-bond donors (Lipinski definition) is 1. The Labute approximate surface area is 108 Å². The third-order valence-corrected chi connectivity index (χ3v) is 3.70. The van der Waals surface area contributed by atoms with E-state index in [-0.39, 0.29) is 23.1 Å². The van der Waals surface area contributed by atoms with Gasteiger partial charge in [0.1, 0.15) is 6.04 Å². The summed E-state index contributed by atoms with van der Waals surface area (Å²) in [7, 11) is 1.56. The van der Waals surface area contributed by atoms with Gasteiger partial charge in [-0.15, -0.1) is 12.4 Å². The normalized spacial score (nSPS) is 21.1. The maximum Gasteiger partial charge on any atom is 0.241 e. The Morgan fingerprint density at radius 2 is 2.25 bits per heavy atom. The number of amides is 1. The fourth-order valence-electron chi connectivity index (χ4n) is 1.69. The van der Waals surface area contributed by atoms with Crippen LogP contribution in [0.15, 0.2) is 0 Å². The highest BCUT2D eigenvalue weighted by molar-refractivity contribution is 8.00. The van der Waals surface area contributed by atoms with Crippen molar-refractivity contribution in [1.82, 2.24) is 4.90 Å². The van der Waals surface area contributed by atoms with E-state index in [1.807, 2.05) is 16.7 Å². The third kappa shape index (κ3) is 4.49. The smallest absolute Gasteiger partial charge is 0.241 e. The van der Waals surface area contributed by atoms with Crippen LogP contribution >= 0.6 is 24.2 Å². The van der Waals surface area contributed by atoms with Crippen molar-refractivity contribution in [2.24, 2.45) is 5.73 Å². The average Bonchev–Trinajstić information content (AvgIpc) is 2.15. The summed E-state index contributed by atoms with van der Waals surface area (Å²) in [4.78, 5) is 13.7. The molecule has 2 N–H and O–H groups in total. The highest BCUT2D eigenvalue weighted by atomic mass is 35.5. The van der Waals surface area contributed by atoms with Crippen LogP contribution in [0.25, 0.3) is 0 Å². The molecule has 0 aromatic heterocycles. The van der Waals surface area contributed by atoms with Crippen molar-refractivity contribution < 1.29 is 9.53 Å². The highest BCUT2D eigenvalue weighted by Gasteiger charge is 2.31. The molecule has 1 fully saturated rings. The van der Waals surface area contributed by atoms with Gasteiger partial charge in [-0.05, 0) is 13.8 Å². The van der Waals surface area contributed by atoms with Gasteiger partial charge in [0.05, 0.1) is 6.61 Å². The summed E-state index contributed by atoms with van der Waals surface area (Å²) in [5, 5.41) is 0. The van der Waals surface area contributed by atoms with Gasteiger partial charge >= 0.3 is 0 Å². The molecule has 96 valence electrons. The van der Waals surface area contributed by atoms with Crippen molar-refractivity contribution >= 4 is 30.1 Å². The fourth-order valence-corrected chi connectivity index (χ4v) is 2.80. The number of hydrogen-bond acceptors (Lipinski definition) is 4. The molecule has 0 aromatic carbocycles. The van der Waals surface area contributed by atoms with Gasteiger partial charge < -0.3 is 15.4 Å². The Morgan fingerprint density at radius 1 is 1.62 bits per heavy atom. The minimum Gasteiger partial charge on any atom is -0.383 e. The number of carbonyl (C=O) groups is 1. The maximum absolute atomic E-state index is 11.9. The molecule has 0 aliphatic carbocycles. The van der Waals surface area contributed by atoms with Crippen LogP contribution < -0.4 is 5.73 Å². The summed E-state index contributed by atoms with van der Waals surface area (Å²) in [6.45, 7) is 6.17. The molecule has 0 radical (unpaired) electrons. The van der Waals surface area contributed by atoms with Gasteiger partial charge in [-0.2, -0.15) is 11.8 Å². The number of nitrogens with two attached hydrogens (primary N) is 1. The first-order chi connectivity index (χ1) is 6.96. The molecule has 0 saturated carbocycles. The number of nitrogens with zero attached hydrogens (tertiary/aromatic N) is 1. The highest BCUT2D eigenvalue weighted by Crippen LogP contribution is 2.29. The minimum absolute atomic E-state index is 0. The summed E-state index contributed by atoms with van der Waals surface area (Å²) in [5.41, 5.74) is 5.72. The number of thioether (sulfide) groups is 1. The molecule has 6 heteroatoms. The first kappa shape index (κ1) is 16.0. The second-order valence-electron chi connectivity index (χ2n) is 4.43. The lowest BCUT2D eigenvalue weighted by Gasteiger charge is -2.38. The van der Waals surface area contributed by atoms with Crippen LogP contribution in [0.3, 0.4) is 0 Å². The Bertz CT molecular complexity index is 239. The molecule has 0 spiro atoms. The molecule has 1 atom stereocenters. The fraction of sp³-hybridized carbons (Fsp3) is 0.900. The molecule has 1 aliphatic heterocycles. The van der Waals surface area contributed by atoms with Crippen LogP contribution in [0, 0.1) is 0 Å². The monoisotopic (exact) mass is 268 g/mol. The van der Waals surface area contributed by atoms with Crippen LogP contribution in [-0.2, 0) is 9.53 Å². The second kappa shape index (κ2) is 6.69. The standard InChI is InChI=1S/C10H20N2O2S.ClH/c1-10(2)7-12(4-5-15-10)9(13)8(11)6-14-3;/h8H,4-7,11H2,1-3H3;1H. The van der Waals surface area contributed by atoms with Crippen molar-refractivity contribution in [3.8, 4) is 0 Å². The van der Waals surface area contributed by atoms with E-state index in [1.54, 1.807) is 7.11 Å². The molecule has 1 unspecified atom stereocenters. The molecule has 0 bridgehead atoms. The van der Waals surface area contributed by atoms with E-state index in [2.05, 4.69) is 13.8 Å². The molecule has 4 nitrogen and oxygen atoms in total. The van der Waals surface area contributed by atoms with E-state index in [0.717, 1.165) is 18.8 Å². The zero-order chi connectivity index (χ0) is 11.5. The predicted molar refractivity (Wildman–Crippen MR) is 70.2 cm³/mol. The van der Waals surface area contributed by atoms with E-state index in [4.69, 9.17) is 10.5 Å². The lowest BCUT2D eigenvalue weighted by atomic mass is 10.1. The molecule has 1 saturated heterocycles. The zero-order valence-corrected chi connectivity index (χ0v) is 11.7. The second-order valence-corrected chi connectivity index (χ2v) is 6.23. The molecule has 1 rings (SSSR count). The van der Waals surface area contributed by atoms with Gasteiger partial charge in [-0.25, -0.2) is 0 Å². The number of rotatable bonds is 3. The first-order valence-corrected chi connectivity index (χ1v) is 6.12. The third-order valence-electron chi connectivity index (χ3n) is 2.40. The number of methoxy groups -OCH3 is 1. The van der Waals surface area contributed by atoms with Crippen molar-refractivity contribution in [3.05, 3.63) is 0 Å². The van der Waals surface area contributed by atoms with Gasteiger partial charge in [-0.3, -0.25) is 4.79 Å². The summed E-state index contributed by atoms with van der Waals surface area (Å²) >= 11 is 1.90. The quantitative estimate of drug-likeness (QED) is 0.820. The summed E-state index contributed by atoms with van der Waals surface area (Å²) in [6.07, 6.45) is 0. The Morgan fingerprint density at radius 3 is 2.75 bits per heavy atom. The van der Waals surface area contributed by atoms with Crippen molar-refractivity contribution in [1.29, 1.82) is 0 Å². The van der Waals surface area contributed by atoms with E-state index in [0.29, 0.717) is 6.61 Å². The van der Waals surface area contributed by atoms with Crippen LogP contribution in [0.4, 0.5) is 0 Å². The SMILES string of the molecule is COCC(N)C(=O)N1CCSC(C)(C)C1.Cl. The predicted octanol–water partition coefficient (Wildman–Crippen LogP) is 0.736. The molecule has 1 amide bonds. The van der Waals surface area contributed by atoms with Crippen LogP contribution in [-0.4, -0.2) is 54.2 Å². The molecule has 1 heterocycles. The van der Waals surface area contributed by atoms with Gasteiger partial charge in [0.15, 0.2) is 0 Å². The number of ether oxygens (including phenoxy) is 1. The molecule has 16 heavy (non-hydrogen) atoms. The summed E-state index contributed by atoms with van der Waals surface area (Å²) in [6, 6.07) is -0.520. The zero-order valence-electron chi connectivity index (χ0n) is 10.1. The van der Waals surface area contributed by atoms with Gasteiger partial charge in [-0.1, -0.05) is 0 Å². The summed E-state index contributed by atoms with van der Waals surface area (Å²) in [5.74, 6) is 0.989. The van der Waals surface area contributed by atoms with E-state index < -0.39 is 6.04 Å². The van der Waals surface area contributed by atoms with Crippen molar-refractivity contribution in [3.63, 3.8) is 0 Å². The summed E-state index contributed by atoms with van der Waals surface area (Å²) < 4.78 is 5.03. The first-order valence-electron chi connectivity index (χ1n) is 5.13. The van der Waals surface area contributed by atoms with Gasteiger partial charge in [0, 0.05) is 30.7 Å². The van der Waals surface area contributed by atoms with Gasteiger partial charge in [0.25, 0.3) is 0 Å². The van der Waals surface area contributed by atoms with Crippen LogP contribution in [0.5, 0.6) is 0 Å². The molecular weight excluding hydrogens is 248 g/mol. The van der Waals surface area contributed by atoms with Crippen molar-refractivity contribution in [2.45, 2.75) is 24.6 Å². The topological polar surface area (TPSA) is 55.6 Å². The molecular formula is C10H21ClN2O2S. The molecule has 0 aromatic rings. The van der Waals surface area contributed by atoms with Crippen LogP contribution in [0.2, 0.25) is 0 Å². The van der Waals surface area contributed by atoms with Crippen molar-refractivity contribution in [2.75, 3.05) is 32.6 Å². The molecule has 1 aliphatic rings. The van der Waals surface area contributed by atoms with E-state index in [1.165, 1.54) is 0 Å². The lowest BCUT2D eigenvalue weighted by molar-refractivity contribution is -0.134. The largest absolute Gasteiger partial charge is 0.383 e. The van der Waals surface area contributed by atoms with E-state index in [9.17, 15) is 4.79 Å². The number of halogens is 1. The van der Waals surface area contributed by atoms with Gasteiger partial charge in [0.2, 0.25) is 5.91 Å². The van der Waals surface area contributed by atoms with Crippen LogP contribution in [0.1, 0.15) is 13.8 Å². The lowest BCUT2D eigenvalue weighted by Crippen LogP contribution is -2.52. The Balaban J connectivity index is 0.00000225. The maximum atomic E-state index is 11.9. The Kier molecular flexibility index (Phi) is 6.70. The Hall–Kier alpha value is 0.0300.